The van der Waals surface area contributed by atoms with Crippen molar-refractivity contribution in [3.8, 4) is 0 Å². The minimum atomic E-state index is -0.516. The first-order chi connectivity index (χ1) is 8.15. The lowest BCUT2D eigenvalue weighted by Gasteiger charge is -1.91. The number of hydrogen-bond donors (Lipinski definition) is 4. The van der Waals surface area contributed by atoms with E-state index in [9.17, 15) is 4.91 Å². The summed E-state index contributed by atoms with van der Waals surface area (Å²) in [5.41, 5.74) is 8.91. The molecule has 0 bridgehead atoms. The van der Waals surface area contributed by atoms with Crippen LogP contribution in [0, 0.1) is 4.91 Å². The van der Waals surface area contributed by atoms with E-state index in [0.29, 0.717) is 5.82 Å². The summed E-state index contributed by atoms with van der Waals surface area (Å²) in [6.45, 7) is 0.182. The molecule has 2 aromatic rings. The third-order valence-corrected chi connectivity index (χ3v) is 2.05. The van der Waals surface area contributed by atoms with Gasteiger partial charge in [0.15, 0.2) is 0 Å². The summed E-state index contributed by atoms with van der Waals surface area (Å²) in [5.74, 6) is 0.425. The summed E-state index contributed by atoms with van der Waals surface area (Å²) in [6.07, 6.45) is 0. The molecule has 0 radical (unpaired) electrons. The lowest BCUT2D eigenvalue weighted by molar-refractivity contribution is -0.822. The maximum Gasteiger partial charge on any atom is 0.362 e. The zero-order chi connectivity index (χ0) is 12.3. The molecule has 1 aromatic heterocycles. The van der Waals surface area contributed by atoms with Gasteiger partial charge in [-0.2, -0.15) is 0 Å². The monoisotopic (exact) mass is 235 g/mol. The Morgan fingerprint density at radius 2 is 2.35 bits per heavy atom. The Hall–Kier alpha value is -2.64. The average Bonchev–Trinajstić information content (AvgIpc) is 2.68. The third-order valence-electron chi connectivity index (χ3n) is 2.05. The van der Waals surface area contributed by atoms with Gasteiger partial charge >= 0.3 is 5.03 Å². The molecule has 0 atom stereocenters. The van der Waals surface area contributed by atoms with Gasteiger partial charge in [-0.05, 0) is 17.6 Å². The summed E-state index contributed by atoms with van der Waals surface area (Å²) in [6, 6.07) is 7.54. The Morgan fingerprint density at radius 3 is 3.06 bits per heavy atom. The van der Waals surface area contributed by atoms with E-state index in [1.807, 2.05) is 29.7 Å². The molecule has 8 heteroatoms. The molecular weight excluding hydrogens is 224 g/mol. The number of aliphatic imine (C=N–C) groups is 1. The van der Waals surface area contributed by atoms with E-state index < -0.39 is 5.03 Å². The molecule has 88 valence electrons. The highest BCUT2D eigenvalue weighted by atomic mass is 16.7. The number of imidazole rings is 1. The molecule has 1 aromatic carbocycles. The quantitative estimate of drug-likeness (QED) is 0.340. The lowest BCUT2D eigenvalue weighted by atomic mass is 10.3. The van der Waals surface area contributed by atoms with Crippen molar-refractivity contribution >= 4 is 17.0 Å². The maximum absolute atomic E-state index is 10.2. The minimum Gasteiger partial charge on any atom is -0.365 e. The van der Waals surface area contributed by atoms with E-state index in [4.69, 9.17) is 10.9 Å². The van der Waals surface area contributed by atoms with Crippen molar-refractivity contribution in [3.05, 3.63) is 35.0 Å². The lowest BCUT2D eigenvalue weighted by Crippen LogP contribution is -2.37. The van der Waals surface area contributed by atoms with Crippen molar-refractivity contribution < 1.29 is 10.2 Å². The fourth-order valence-corrected chi connectivity index (χ4v) is 1.37. The number of H-pyrrole nitrogens is 1. The van der Waals surface area contributed by atoms with Crippen molar-refractivity contribution in [1.29, 1.82) is 0 Å². The highest BCUT2D eigenvalue weighted by Crippen LogP contribution is 2.10. The Balaban J connectivity index is 2.11. The molecule has 17 heavy (non-hydrogen) atoms. The SMILES string of the molecule is NC(=NCc1nc2ccccc2[nH]1)N[N+](=O)O. The van der Waals surface area contributed by atoms with Crippen LogP contribution in [0.1, 0.15) is 5.82 Å². The first-order valence-electron chi connectivity index (χ1n) is 4.81. The zero-order valence-electron chi connectivity index (χ0n) is 8.79. The second-order valence-electron chi connectivity index (χ2n) is 3.29. The van der Waals surface area contributed by atoms with E-state index in [1.165, 1.54) is 0 Å². The smallest absolute Gasteiger partial charge is 0.362 e. The number of rotatable bonds is 3. The molecule has 0 aliphatic rings. The second-order valence-corrected chi connectivity index (χ2v) is 3.29. The number of para-hydroxylation sites is 2. The Bertz CT molecular complexity index is 543. The van der Waals surface area contributed by atoms with Crippen LogP contribution < -0.4 is 11.2 Å². The van der Waals surface area contributed by atoms with E-state index in [-0.39, 0.29) is 12.5 Å². The number of hydrogen-bond acceptors (Lipinski definition) is 3. The zero-order valence-corrected chi connectivity index (χ0v) is 8.79. The second kappa shape index (κ2) is 4.47. The Kier molecular flexibility index (Phi) is 2.86. The van der Waals surface area contributed by atoms with Gasteiger partial charge in [0.1, 0.15) is 17.3 Å². The fraction of sp³-hybridized carbons (Fsp3) is 0.111. The molecule has 0 saturated heterocycles. The largest absolute Gasteiger partial charge is 0.365 e. The molecule has 0 fully saturated rings. The molecule has 8 nitrogen and oxygen atoms in total. The summed E-state index contributed by atoms with van der Waals surface area (Å²) in [7, 11) is 0. The molecule has 0 spiro atoms. The van der Waals surface area contributed by atoms with Gasteiger partial charge in [-0.15, -0.1) is 0 Å². The van der Waals surface area contributed by atoms with Gasteiger partial charge in [0.25, 0.3) is 5.96 Å². The first kappa shape index (κ1) is 10.9. The average molecular weight is 235 g/mol. The number of hydrazine groups is 1. The summed E-state index contributed by atoms with van der Waals surface area (Å²) >= 11 is 0. The number of aromatic nitrogens is 2. The Morgan fingerprint density at radius 1 is 1.59 bits per heavy atom. The number of nitrogens with two attached hydrogens (primary N) is 1. The number of aromatic amines is 1. The van der Waals surface area contributed by atoms with Gasteiger partial charge in [-0.25, -0.2) is 15.2 Å². The van der Waals surface area contributed by atoms with Crippen molar-refractivity contribution in [2.45, 2.75) is 6.54 Å². The van der Waals surface area contributed by atoms with Crippen LogP contribution in [0.5, 0.6) is 0 Å². The standard InChI is InChI=1S/C9H11N6O2/c10-9(14-15(16)17)11-5-8-12-6-3-1-2-4-7(6)13-8/h1-4H,5H2,(H,12,13)(H,16,17)(H3,10,11,14)/q+1. The van der Waals surface area contributed by atoms with Crippen LogP contribution in [-0.2, 0) is 6.54 Å². The van der Waals surface area contributed by atoms with E-state index >= 15 is 0 Å². The van der Waals surface area contributed by atoms with Gasteiger partial charge in [0.05, 0.1) is 11.0 Å². The summed E-state index contributed by atoms with van der Waals surface area (Å²) in [4.78, 5) is 21.3. The van der Waals surface area contributed by atoms with Crippen LogP contribution in [0.15, 0.2) is 29.3 Å². The summed E-state index contributed by atoms with van der Waals surface area (Å²) < 4.78 is 0. The molecule has 0 saturated carbocycles. The van der Waals surface area contributed by atoms with Crippen molar-refractivity contribution in [2.24, 2.45) is 10.7 Å². The molecule has 5 N–H and O–H groups in total. The van der Waals surface area contributed by atoms with Crippen LogP contribution in [0.3, 0.4) is 0 Å². The topological polar surface area (TPSA) is 119 Å². The predicted molar refractivity (Wildman–Crippen MR) is 60.0 cm³/mol. The normalized spacial score (nSPS) is 11.6. The molecule has 0 aliphatic carbocycles. The number of nitrogens with one attached hydrogen (secondary N) is 2. The third kappa shape index (κ3) is 2.68. The van der Waals surface area contributed by atoms with Crippen LogP contribution in [0.2, 0.25) is 0 Å². The number of benzene rings is 1. The van der Waals surface area contributed by atoms with Crippen LogP contribution in [0.4, 0.5) is 0 Å². The summed E-state index contributed by atoms with van der Waals surface area (Å²) in [5, 5.41) is 7.80. The van der Waals surface area contributed by atoms with Crippen LogP contribution in [0.25, 0.3) is 11.0 Å². The van der Waals surface area contributed by atoms with Gasteiger partial charge in [0, 0.05) is 0 Å². The molecule has 0 unspecified atom stereocenters. The van der Waals surface area contributed by atoms with Gasteiger partial charge < -0.3 is 10.7 Å². The number of nitrogens with zero attached hydrogens (tertiary/aromatic N) is 3. The first-order valence-corrected chi connectivity index (χ1v) is 4.81. The molecule has 0 aliphatic heterocycles. The van der Waals surface area contributed by atoms with Crippen LogP contribution in [-0.4, -0.2) is 26.2 Å². The van der Waals surface area contributed by atoms with Gasteiger partial charge in [-0.1, -0.05) is 12.1 Å². The van der Waals surface area contributed by atoms with E-state index in [1.54, 1.807) is 0 Å². The molecule has 0 amide bonds. The number of guanidine groups is 1. The van der Waals surface area contributed by atoms with Crippen molar-refractivity contribution in [1.82, 2.24) is 15.4 Å². The molecular formula is C9H11N6O2+. The predicted octanol–water partition coefficient (Wildman–Crippen LogP) is 0.0503. The fourth-order valence-electron chi connectivity index (χ4n) is 1.37. The van der Waals surface area contributed by atoms with Crippen molar-refractivity contribution in [3.63, 3.8) is 0 Å². The minimum absolute atomic E-state index is 0.182. The Labute approximate surface area is 95.7 Å². The van der Waals surface area contributed by atoms with Crippen LogP contribution >= 0.6 is 0 Å². The van der Waals surface area contributed by atoms with E-state index in [0.717, 1.165) is 11.0 Å². The maximum atomic E-state index is 10.2. The highest BCUT2D eigenvalue weighted by Gasteiger charge is 2.05. The van der Waals surface area contributed by atoms with Gasteiger partial charge in [0.2, 0.25) is 0 Å². The highest BCUT2D eigenvalue weighted by molar-refractivity contribution is 5.77. The molecule has 1 heterocycles. The number of fused-ring (bicyclic) bond motifs is 1. The van der Waals surface area contributed by atoms with Crippen molar-refractivity contribution in [2.75, 3.05) is 0 Å². The van der Waals surface area contributed by atoms with E-state index in [2.05, 4.69) is 15.0 Å². The van der Waals surface area contributed by atoms with Gasteiger partial charge in [-0.3, -0.25) is 0 Å². The molecule has 2 rings (SSSR count).